The molecule has 0 radical (unpaired) electrons. The van der Waals surface area contributed by atoms with E-state index < -0.39 is 30.1 Å². The summed E-state index contributed by atoms with van der Waals surface area (Å²) in [5.41, 5.74) is 0. The van der Waals surface area contributed by atoms with E-state index in [0.29, 0.717) is 0 Å². The van der Waals surface area contributed by atoms with Gasteiger partial charge in [0.05, 0.1) is 18.9 Å². The van der Waals surface area contributed by atoms with Gasteiger partial charge in [-0.15, -0.1) is 0 Å². The number of carboxylic acid groups (broad SMARTS) is 1. The summed E-state index contributed by atoms with van der Waals surface area (Å²) in [6.45, 7) is 5.56. The van der Waals surface area contributed by atoms with E-state index in [9.17, 15) is 14.4 Å². The van der Waals surface area contributed by atoms with E-state index in [1.807, 2.05) is 13.8 Å². The highest BCUT2D eigenvalue weighted by Gasteiger charge is 2.36. The first-order chi connectivity index (χ1) is 11.3. The number of hydrogen-bond acceptors (Lipinski definition) is 5. The lowest BCUT2D eigenvalue weighted by atomic mass is 10.0. The monoisotopic (exact) mass is 338 g/mol. The molecule has 2 N–H and O–H groups in total. The Hall–Kier alpha value is -2.35. The number of hydrogen-bond donors (Lipinski definition) is 2. The lowest BCUT2D eigenvalue weighted by Gasteiger charge is -2.37. The predicted octanol–water partition coefficient (Wildman–Crippen LogP) is 0.734. The molecule has 1 fully saturated rings. The maximum absolute atomic E-state index is 12.8. The van der Waals surface area contributed by atoms with Crippen LogP contribution in [0, 0.1) is 5.92 Å². The number of nitrogens with one attached hydrogen (secondary N) is 1. The summed E-state index contributed by atoms with van der Waals surface area (Å²) in [5, 5.41) is 11.8. The van der Waals surface area contributed by atoms with Crippen LogP contribution in [0.1, 0.15) is 31.3 Å². The molecular formula is C16H22N2O6. The van der Waals surface area contributed by atoms with Crippen LogP contribution in [0.3, 0.4) is 0 Å². The van der Waals surface area contributed by atoms with Crippen molar-refractivity contribution in [1.29, 1.82) is 0 Å². The number of rotatable bonds is 5. The molecule has 2 amide bonds. The molecule has 132 valence electrons. The van der Waals surface area contributed by atoms with Crippen molar-refractivity contribution in [3.8, 4) is 0 Å². The second-order valence-corrected chi connectivity index (χ2v) is 6.19. The summed E-state index contributed by atoms with van der Waals surface area (Å²) in [4.78, 5) is 37.5. The van der Waals surface area contributed by atoms with Crippen LogP contribution in [0.5, 0.6) is 0 Å². The molecule has 1 aliphatic rings. The molecule has 2 unspecified atom stereocenters. The Morgan fingerprint density at radius 3 is 2.58 bits per heavy atom. The topological polar surface area (TPSA) is 109 Å². The van der Waals surface area contributed by atoms with Gasteiger partial charge in [0.15, 0.2) is 11.9 Å². The Kier molecular flexibility index (Phi) is 5.61. The predicted molar refractivity (Wildman–Crippen MR) is 83.4 cm³/mol. The van der Waals surface area contributed by atoms with Crippen LogP contribution >= 0.6 is 0 Å². The number of aliphatic carboxylic acids is 1. The molecule has 1 aromatic heterocycles. The number of morpholine rings is 1. The largest absolute Gasteiger partial charge is 0.479 e. The van der Waals surface area contributed by atoms with E-state index in [0.717, 1.165) is 0 Å². The summed E-state index contributed by atoms with van der Waals surface area (Å²) >= 11 is 0. The summed E-state index contributed by atoms with van der Waals surface area (Å²) in [6, 6.07) is 2.32. The minimum Gasteiger partial charge on any atom is -0.479 e. The van der Waals surface area contributed by atoms with Crippen LogP contribution in [-0.4, -0.2) is 59.1 Å². The van der Waals surface area contributed by atoms with E-state index >= 15 is 0 Å². The van der Waals surface area contributed by atoms with Gasteiger partial charge in [0.2, 0.25) is 5.91 Å². The second-order valence-electron chi connectivity index (χ2n) is 6.19. The molecule has 0 spiro atoms. The zero-order valence-corrected chi connectivity index (χ0v) is 13.9. The van der Waals surface area contributed by atoms with Crippen molar-refractivity contribution < 1.29 is 28.6 Å². The molecule has 24 heavy (non-hydrogen) atoms. The molecule has 0 aliphatic carbocycles. The number of nitrogens with zero attached hydrogens (tertiary/aromatic N) is 1. The van der Waals surface area contributed by atoms with Crippen molar-refractivity contribution in [3.63, 3.8) is 0 Å². The van der Waals surface area contributed by atoms with Gasteiger partial charge >= 0.3 is 5.97 Å². The molecule has 2 rings (SSSR count). The number of carboxylic acids is 1. The van der Waals surface area contributed by atoms with Crippen LogP contribution in [0.2, 0.25) is 0 Å². The molecule has 0 bridgehead atoms. The molecule has 8 heteroatoms. The molecule has 0 aromatic carbocycles. The number of carbonyl (C=O) groups is 3. The number of furan rings is 1. The summed E-state index contributed by atoms with van der Waals surface area (Å²) in [5.74, 6) is -1.97. The standard InChI is InChI=1S/C16H22N2O6/c1-9(2)13(17-14(19)11-5-4-6-23-11)15(20)18-7-10(3)24-12(8-18)16(21)22/h4-6,9-10,12-13H,7-8H2,1-3H3,(H,17,19)(H,21,22)/t10-,12?,13?/m1/s1. The van der Waals surface area contributed by atoms with Gasteiger partial charge in [-0.05, 0) is 25.0 Å². The summed E-state index contributed by atoms with van der Waals surface area (Å²) in [7, 11) is 0. The number of ether oxygens (including phenoxy) is 1. The Morgan fingerprint density at radius 1 is 1.33 bits per heavy atom. The fraction of sp³-hybridized carbons (Fsp3) is 0.562. The molecule has 8 nitrogen and oxygen atoms in total. The lowest BCUT2D eigenvalue weighted by molar-refractivity contribution is -0.167. The van der Waals surface area contributed by atoms with Gasteiger partial charge < -0.3 is 24.5 Å². The highest BCUT2D eigenvalue weighted by atomic mass is 16.5. The van der Waals surface area contributed by atoms with Crippen LogP contribution in [0.25, 0.3) is 0 Å². The Labute approximate surface area is 139 Å². The van der Waals surface area contributed by atoms with Crippen LogP contribution in [0.4, 0.5) is 0 Å². The van der Waals surface area contributed by atoms with Crippen molar-refractivity contribution in [3.05, 3.63) is 24.2 Å². The molecule has 1 aliphatic heterocycles. The smallest absolute Gasteiger partial charge is 0.334 e. The van der Waals surface area contributed by atoms with E-state index in [-0.39, 0.29) is 30.7 Å². The van der Waals surface area contributed by atoms with Crippen LogP contribution < -0.4 is 5.32 Å². The van der Waals surface area contributed by atoms with Gasteiger partial charge in [-0.1, -0.05) is 13.8 Å². The first kappa shape index (κ1) is 18.0. The third kappa shape index (κ3) is 4.14. The molecule has 1 saturated heterocycles. The van der Waals surface area contributed by atoms with E-state index in [1.165, 1.54) is 17.2 Å². The minimum atomic E-state index is -1.11. The van der Waals surface area contributed by atoms with Crippen LogP contribution in [-0.2, 0) is 14.3 Å². The van der Waals surface area contributed by atoms with E-state index in [4.69, 9.17) is 14.3 Å². The first-order valence-corrected chi connectivity index (χ1v) is 7.81. The van der Waals surface area contributed by atoms with Crippen molar-refractivity contribution in [2.75, 3.05) is 13.1 Å². The van der Waals surface area contributed by atoms with Crippen LogP contribution in [0.15, 0.2) is 22.8 Å². The zero-order chi connectivity index (χ0) is 17.9. The van der Waals surface area contributed by atoms with Gasteiger partial charge in [0.25, 0.3) is 5.91 Å². The maximum atomic E-state index is 12.8. The first-order valence-electron chi connectivity index (χ1n) is 7.81. The average molecular weight is 338 g/mol. The van der Waals surface area contributed by atoms with Gasteiger partial charge in [-0.3, -0.25) is 9.59 Å². The maximum Gasteiger partial charge on any atom is 0.334 e. The normalized spacial score (nSPS) is 22.2. The second kappa shape index (κ2) is 7.48. The fourth-order valence-electron chi connectivity index (χ4n) is 2.60. The highest BCUT2D eigenvalue weighted by molar-refractivity contribution is 5.95. The molecule has 3 atom stereocenters. The molecule has 0 saturated carbocycles. The van der Waals surface area contributed by atoms with Crippen molar-refractivity contribution in [2.24, 2.45) is 5.92 Å². The third-order valence-electron chi connectivity index (χ3n) is 3.81. The molecule has 2 heterocycles. The number of carbonyl (C=O) groups excluding carboxylic acids is 2. The summed E-state index contributed by atoms with van der Waals surface area (Å²) < 4.78 is 10.3. The van der Waals surface area contributed by atoms with Crippen molar-refractivity contribution in [2.45, 2.75) is 39.0 Å². The average Bonchev–Trinajstić information content (AvgIpc) is 3.05. The Bertz CT molecular complexity index is 598. The van der Waals surface area contributed by atoms with E-state index in [1.54, 1.807) is 13.0 Å². The van der Waals surface area contributed by atoms with Gasteiger partial charge in [-0.25, -0.2) is 4.79 Å². The van der Waals surface area contributed by atoms with E-state index in [2.05, 4.69) is 5.32 Å². The lowest BCUT2D eigenvalue weighted by Crippen LogP contribution is -2.58. The highest BCUT2D eigenvalue weighted by Crippen LogP contribution is 2.15. The number of amides is 2. The van der Waals surface area contributed by atoms with Crippen molar-refractivity contribution >= 4 is 17.8 Å². The fourth-order valence-corrected chi connectivity index (χ4v) is 2.60. The molecule has 1 aromatic rings. The Morgan fingerprint density at radius 2 is 2.04 bits per heavy atom. The van der Waals surface area contributed by atoms with Gasteiger partial charge in [0.1, 0.15) is 6.04 Å². The Balaban J connectivity index is 2.10. The summed E-state index contributed by atoms with van der Waals surface area (Å²) in [6.07, 6.45) is -0.0777. The third-order valence-corrected chi connectivity index (χ3v) is 3.81. The zero-order valence-electron chi connectivity index (χ0n) is 13.9. The molecular weight excluding hydrogens is 316 g/mol. The van der Waals surface area contributed by atoms with Gasteiger partial charge in [0, 0.05) is 6.54 Å². The SMILES string of the molecule is CC(C)C(NC(=O)c1ccco1)C(=O)N1CC(C(=O)O)O[C@H](C)C1. The minimum absolute atomic E-state index is 0.0433. The van der Waals surface area contributed by atoms with Gasteiger partial charge in [-0.2, -0.15) is 0 Å². The van der Waals surface area contributed by atoms with Crippen molar-refractivity contribution in [1.82, 2.24) is 10.2 Å². The quantitative estimate of drug-likeness (QED) is 0.819.